The van der Waals surface area contributed by atoms with Crippen LogP contribution in [0.2, 0.25) is 5.02 Å². The molecule has 182 valence electrons. The Bertz CT molecular complexity index is 1350. The molecule has 1 aromatic carbocycles. The summed E-state index contributed by atoms with van der Waals surface area (Å²) in [6, 6.07) is 8.81. The number of morpholine rings is 1. The highest BCUT2D eigenvalue weighted by molar-refractivity contribution is 7.19. The van der Waals surface area contributed by atoms with Gasteiger partial charge in [0.05, 0.1) is 23.5 Å². The maximum absolute atomic E-state index is 13.1. The van der Waals surface area contributed by atoms with Crippen molar-refractivity contribution in [2.24, 2.45) is 0 Å². The number of rotatable bonds is 5. The van der Waals surface area contributed by atoms with E-state index < -0.39 is 12.0 Å². The Morgan fingerprint density at radius 2 is 1.97 bits per heavy atom. The number of thiophene rings is 1. The molecule has 3 heterocycles. The molecule has 35 heavy (non-hydrogen) atoms. The van der Waals surface area contributed by atoms with E-state index in [9.17, 15) is 14.4 Å². The van der Waals surface area contributed by atoms with E-state index in [0.717, 1.165) is 10.4 Å². The minimum Gasteiger partial charge on any atom is -0.436 e. The minimum absolute atomic E-state index is 0.0548. The molecule has 1 aliphatic rings. The number of hydrogen-bond acceptors (Lipinski definition) is 6. The molecule has 1 N–H and O–H groups in total. The van der Waals surface area contributed by atoms with E-state index in [4.69, 9.17) is 21.1 Å². The lowest BCUT2D eigenvalue weighted by atomic mass is 10.2. The molecule has 0 unspecified atom stereocenters. The van der Waals surface area contributed by atoms with Crippen LogP contribution in [0.4, 0.5) is 4.79 Å². The molecule has 4 rings (SSSR count). The van der Waals surface area contributed by atoms with Crippen LogP contribution in [-0.4, -0.2) is 54.4 Å². The number of carbonyl (C=O) groups excluding carboxylic acids is 2. The predicted molar refractivity (Wildman–Crippen MR) is 135 cm³/mol. The fourth-order valence-electron chi connectivity index (χ4n) is 3.57. The van der Waals surface area contributed by atoms with E-state index in [2.05, 4.69) is 17.2 Å². The molecule has 0 bridgehead atoms. The van der Waals surface area contributed by atoms with E-state index in [0.29, 0.717) is 48.1 Å². The number of halogens is 1. The molecule has 3 aromatic rings. The number of aromatic nitrogens is 1. The van der Waals surface area contributed by atoms with Gasteiger partial charge in [0.15, 0.2) is 6.61 Å². The molecule has 2 amide bonds. The van der Waals surface area contributed by atoms with Crippen LogP contribution in [0.15, 0.2) is 41.3 Å². The topological polar surface area (TPSA) is 89.9 Å². The molecule has 10 heteroatoms. The highest BCUT2D eigenvalue weighted by Crippen LogP contribution is 2.23. The SMILES string of the molecule is CCn1cc(C(=O)NCc2ccc(Cl)cc2)c(=O)c2cc(C#CCOC(=O)N3CCOCC3)sc21. The van der Waals surface area contributed by atoms with Crippen LogP contribution >= 0.6 is 22.9 Å². The van der Waals surface area contributed by atoms with Crippen molar-refractivity contribution < 1.29 is 19.1 Å². The van der Waals surface area contributed by atoms with Gasteiger partial charge < -0.3 is 24.3 Å². The molecule has 2 aromatic heterocycles. The van der Waals surface area contributed by atoms with E-state index in [1.165, 1.54) is 11.3 Å². The van der Waals surface area contributed by atoms with Gasteiger partial charge in [-0.15, -0.1) is 11.3 Å². The lowest BCUT2D eigenvalue weighted by Gasteiger charge is -2.25. The highest BCUT2D eigenvalue weighted by Gasteiger charge is 2.18. The second kappa shape index (κ2) is 11.4. The number of amides is 2. The summed E-state index contributed by atoms with van der Waals surface area (Å²) < 4.78 is 12.3. The third kappa shape index (κ3) is 6.03. The second-order valence-electron chi connectivity index (χ2n) is 7.75. The van der Waals surface area contributed by atoms with E-state index >= 15 is 0 Å². The molecular formula is C25H24ClN3O5S. The van der Waals surface area contributed by atoms with Gasteiger partial charge in [-0.05, 0) is 30.7 Å². The first-order valence-electron chi connectivity index (χ1n) is 11.1. The smallest absolute Gasteiger partial charge is 0.410 e. The maximum Gasteiger partial charge on any atom is 0.410 e. The Morgan fingerprint density at radius 1 is 1.23 bits per heavy atom. The normalized spacial score (nSPS) is 13.3. The largest absolute Gasteiger partial charge is 0.436 e. The third-order valence-electron chi connectivity index (χ3n) is 5.45. The Morgan fingerprint density at radius 3 is 2.69 bits per heavy atom. The van der Waals surface area contributed by atoms with Crippen LogP contribution < -0.4 is 10.7 Å². The number of nitrogens with one attached hydrogen (secondary N) is 1. The summed E-state index contributed by atoms with van der Waals surface area (Å²) in [5, 5.41) is 3.85. The number of pyridine rings is 1. The molecule has 0 atom stereocenters. The number of aryl methyl sites for hydroxylation is 1. The molecule has 0 radical (unpaired) electrons. The summed E-state index contributed by atoms with van der Waals surface area (Å²) in [7, 11) is 0. The van der Waals surface area contributed by atoms with Gasteiger partial charge in [0.2, 0.25) is 5.43 Å². The summed E-state index contributed by atoms with van der Waals surface area (Å²) in [6.45, 7) is 4.75. The van der Waals surface area contributed by atoms with Gasteiger partial charge in [0, 0.05) is 37.4 Å². The third-order valence-corrected chi connectivity index (χ3v) is 6.79. The Balaban J connectivity index is 1.47. The van der Waals surface area contributed by atoms with E-state index in [-0.39, 0.29) is 24.1 Å². The molecule has 0 saturated carbocycles. The standard InChI is InChI=1S/C25H24ClN3O5S/c1-2-28-16-21(23(31)27-15-17-5-7-18(26)8-6-17)22(30)20-14-19(35-24(20)28)4-3-11-34-25(32)29-9-12-33-13-10-29/h5-8,14,16H,2,9-13,15H2,1H3,(H,27,31). The summed E-state index contributed by atoms with van der Waals surface area (Å²) in [6.07, 6.45) is 1.17. The number of hydrogen-bond donors (Lipinski definition) is 1. The predicted octanol–water partition coefficient (Wildman–Crippen LogP) is 3.49. The Labute approximate surface area is 211 Å². The van der Waals surface area contributed by atoms with Crippen molar-refractivity contribution in [3.8, 4) is 11.8 Å². The average Bonchev–Trinajstić information content (AvgIpc) is 3.31. The van der Waals surface area contributed by atoms with Crippen LogP contribution in [0, 0.1) is 11.8 Å². The number of carbonyl (C=O) groups is 2. The van der Waals surface area contributed by atoms with Crippen molar-refractivity contribution in [1.29, 1.82) is 0 Å². The van der Waals surface area contributed by atoms with Gasteiger partial charge in [0.1, 0.15) is 10.4 Å². The van der Waals surface area contributed by atoms with Crippen molar-refractivity contribution in [3.63, 3.8) is 0 Å². The molecule has 0 spiro atoms. The number of nitrogens with zero attached hydrogens (tertiary/aromatic N) is 2. The van der Waals surface area contributed by atoms with Crippen LogP contribution in [0.1, 0.15) is 27.7 Å². The van der Waals surface area contributed by atoms with Crippen molar-refractivity contribution in [3.05, 3.63) is 67.8 Å². The fraction of sp³-hybridized carbons (Fsp3) is 0.320. The van der Waals surface area contributed by atoms with Crippen molar-refractivity contribution in [2.75, 3.05) is 32.9 Å². The summed E-state index contributed by atoms with van der Waals surface area (Å²) >= 11 is 7.26. The zero-order valence-electron chi connectivity index (χ0n) is 19.1. The lowest BCUT2D eigenvalue weighted by molar-refractivity contribution is 0.0306. The van der Waals surface area contributed by atoms with Crippen molar-refractivity contribution in [1.82, 2.24) is 14.8 Å². The quantitative estimate of drug-likeness (QED) is 0.527. The van der Waals surface area contributed by atoms with E-state index in [1.807, 2.05) is 23.6 Å². The molecule has 1 aliphatic heterocycles. The van der Waals surface area contributed by atoms with Crippen LogP contribution in [-0.2, 0) is 22.6 Å². The zero-order valence-corrected chi connectivity index (χ0v) is 20.7. The molecule has 8 nitrogen and oxygen atoms in total. The summed E-state index contributed by atoms with van der Waals surface area (Å²) in [5.74, 6) is 5.34. The van der Waals surface area contributed by atoms with Gasteiger partial charge >= 0.3 is 6.09 Å². The summed E-state index contributed by atoms with van der Waals surface area (Å²) in [4.78, 5) is 40.9. The van der Waals surface area contributed by atoms with Gasteiger partial charge in [-0.1, -0.05) is 35.6 Å². The maximum atomic E-state index is 13.1. The number of ether oxygens (including phenoxy) is 2. The van der Waals surface area contributed by atoms with E-state index in [1.54, 1.807) is 29.3 Å². The lowest BCUT2D eigenvalue weighted by Crippen LogP contribution is -2.41. The van der Waals surface area contributed by atoms with Crippen LogP contribution in [0.25, 0.3) is 10.2 Å². The average molecular weight is 514 g/mol. The molecular weight excluding hydrogens is 490 g/mol. The number of fused-ring (bicyclic) bond motifs is 1. The van der Waals surface area contributed by atoms with Gasteiger partial charge in [-0.25, -0.2) is 4.79 Å². The fourth-order valence-corrected chi connectivity index (χ4v) is 4.77. The zero-order chi connectivity index (χ0) is 24.8. The van der Waals surface area contributed by atoms with Crippen LogP contribution in [0.3, 0.4) is 0 Å². The van der Waals surface area contributed by atoms with Gasteiger partial charge in [0.25, 0.3) is 5.91 Å². The number of benzene rings is 1. The highest BCUT2D eigenvalue weighted by atomic mass is 35.5. The monoisotopic (exact) mass is 513 g/mol. The second-order valence-corrected chi connectivity index (χ2v) is 9.22. The first kappa shape index (κ1) is 24.8. The minimum atomic E-state index is -0.442. The molecule has 1 saturated heterocycles. The van der Waals surface area contributed by atoms with Gasteiger partial charge in [-0.3, -0.25) is 9.59 Å². The van der Waals surface area contributed by atoms with Gasteiger partial charge in [-0.2, -0.15) is 0 Å². The summed E-state index contributed by atoms with van der Waals surface area (Å²) in [5.41, 5.74) is 0.605. The first-order chi connectivity index (χ1) is 17.0. The van der Waals surface area contributed by atoms with Crippen LogP contribution in [0.5, 0.6) is 0 Å². The Hall–Kier alpha value is -3.32. The molecule has 1 fully saturated rings. The first-order valence-corrected chi connectivity index (χ1v) is 12.3. The van der Waals surface area contributed by atoms with Crippen molar-refractivity contribution in [2.45, 2.75) is 20.0 Å². The molecule has 0 aliphatic carbocycles. The van der Waals surface area contributed by atoms with Crippen molar-refractivity contribution >= 4 is 45.2 Å². The Kier molecular flexibility index (Phi) is 8.08.